The number of benzene rings is 1. The van der Waals surface area contributed by atoms with Gasteiger partial charge in [-0.1, -0.05) is 17.7 Å². The molecule has 3 nitrogen and oxygen atoms in total. The van der Waals surface area contributed by atoms with Gasteiger partial charge in [0.15, 0.2) is 0 Å². The minimum absolute atomic E-state index is 0.00907. The van der Waals surface area contributed by atoms with Crippen molar-refractivity contribution in [3.05, 3.63) is 35.4 Å². The van der Waals surface area contributed by atoms with E-state index in [9.17, 15) is 0 Å². The Labute approximate surface area is 115 Å². The van der Waals surface area contributed by atoms with Gasteiger partial charge < -0.3 is 15.2 Å². The fourth-order valence-corrected chi connectivity index (χ4v) is 2.61. The molecule has 2 N–H and O–H groups in total. The third-order valence-corrected chi connectivity index (χ3v) is 3.71. The quantitative estimate of drug-likeness (QED) is 0.824. The Hall–Kier alpha value is -1.48. The third-order valence-electron chi connectivity index (χ3n) is 3.71. The Bertz CT molecular complexity index is 454. The van der Waals surface area contributed by atoms with Crippen LogP contribution in [-0.2, 0) is 0 Å². The van der Waals surface area contributed by atoms with Crippen molar-refractivity contribution in [3.63, 3.8) is 0 Å². The Morgan fingerprint density at radius 3 is 2.68 bits per heavy atom. The number of rotatable bonds is 5. The number of methoxy groups -OCH3 is 2. The summed E-state index contributed by atoms with van der Waals surface area (Å²) in [7, 11) is 3.33. The molecule has 0 radical (unpaired) electrons. The van der Waals surface area contributed by atoms with Gasteiger partial charge in [-0.3, -0.25) is 0 Å². The molecule has 0 saturated heterocycles. The van der Waals surface area contributed by atoms with E-state index in [1.54, 1.807) is 14.2 Å². The van der Waals surface area contributed by atoms with Gasteiger partial charge in [0.1, 0.15) is 11.5 Å². The maximum atomic E-state index is 6.33. The molecule has 1 unspecified atom stereocenters. The topological polar surface area (TPSA) is 44.5 Å². The van der Waals surface area contributed by atoms with Crippen molar-refractivity contribution in [1.29, 1.82) is 0 Å². The Kier molecular flexibility index (Phi) is 4.86. The number of allylic oxidation sites excluding steroid dienone is 1. The highest BCUT2D eigenvalue weighted by Gasteiger charge is 2.15. The van der Waals surface area contributed by atoms with Crippen LogP contribution in [0.2, 0.25) is 0 Å². The first-order chi connectivity index (χ1) is 9.24. The molecule has 1 atom stereocenters. The first-order valence-corrected chi connectivity index (χ1v) is 6.90. The monoisotopic (exact) mass is 261 g/mol. The molecule has 1 aliphatic carbocycles. The second kappa shape index (κ2) is 6.62. The largest absolute Gasteiger partial charge is 0.497 e. The van der Waals surface area contributed by atoms with E-state index in [1.807, 2.05) is 18.2 Å². The van der Waals surface area contributed by atoms with E-state index in [1.165, 1.54) is 31.3 Å². The van der Waals surface area contributed by atoms with Crippen molar-refractivity contribution >= 4 is 0 Å². The predicted molar refractivity (Wildman–Crippen MR) is 77.6 cm³/mol. The van der Waals surface area contributed by atoms with Gasteiger partial charge in [0.25, 0.3) is 0 Å². The molecule has 0 fully saturated rings. The van der Waals surface area contributed by atoms with Gasteiger partial charge in [-0.25, -0.2) is 0 Å². The molecule has 1 aliphatic rings. The first-order valence-electron chi connectivity index (χ1n) is 6.90. The molecule has 104 valence electrons. The highest BCUT2D eigenvalue weighted by atomic mass is 16.5. The van der Waals surface area contributed by atoms with Crippen LogP contribution in [0.25, 0.3) is 0 Å². The molecule has 2 rings (SSSR count). The van der Waals surface area contributed by atoms with Gasteiger partial charge in [-0.05, 0) is 38.2 Å². The van der Waals surface area contributed by atoms with Crippen LogP contribution in [0.5, 0.6) is 11.5 Å². The summed E-state index contributed by atoms with van der Waals surface area (Å²) < 4.78 is 10.6. The lowest BCUT2D eigenvalue weighted by Crippen LogP contribution is -2.13. The van der Waals surface area contributed by atoms with E-state index >= 15 is 0 Å². The second-order valence-electron chi connectivity index (χ2n) is 5.03. The van der Waals surface area contributed by atoms with Crippen LogP contribution in [0.4, 0.5) is 0 Å². The van der Waals surface area contributed by atoms with E-state index in [4.69, 9.17) is 15.2 Å². The molecular formula is C16H23NO2. The Balaban J connectivity index is 2.13. The van der Waals surface area contributed by atoms with Crippen molar-refractivity contribution in [1.82, 2.24) is 0 Å². The zero-order valence-electron chi connectivity index (χ0n) is 11.8. The summed E-state index contributed by atoms with van der Waals surface area (Å²) in [6.07, 6.45) is 8.25. The minimum Gasteiger partial charge on any atom is -0.497 e. The van der Waals surface area contributed by atoms with Crippen molar-refractivity contribution in [3.8, 4) is 11.5 Å². The molecule has 0 aromatic heterocycles. The van der Waals surface area contributed by atoms with Gasteiger partial charge in [-0.2, -0.15) is 0 Å². The van der Waals surface area contributed by atoms with Crippen molar-refractivity contribution in [2.75, 3.05) is 14.2 Å². The molecule has 0 saturated carbocycles. The highest BCUT2D eigenvalue weighted by Crippen LogP contribution is 2.33. The molecular weight excluding hydrogens is 238 g/mol. The molecule has 0 amide bonds. The summed E-state index contributed by atoms with van der Waals surface area (Å²) >= 11 is 0. The maximum Gasteiger partial charge on any atom is 0.127 e. The van der Waals surface area contributed by atoms with E-state index in [-0.39, 0.29) is 6.04 Å². The molecule has 1 aromatic carbocycles. The summed E-state index contributed by atoms with van der Waals surface area (Å²) in [5, 5.41) is 0. The fourth-order valence-electron chi connectivity index (χ4n) is 2.61. The summed E-state index contributed by atoms with van der Waals surface area (Å²) in [5.41, 5.74) is 8.87. The van der Waals surface area contributed by atoms with E-state index in [2.05, 4.69) is 6.08 Å². The van der Waals surface area contributed by atoms with E-state index < -0.39 is 0 Å². The van der Waals surface area contributed by atoms with Gasteiger partial charge in [0.05, 0.1) is 14.2 Å². The summed E-state index contributed by atoms with van der Waals surface area (Å²) in [6, 6.07) is 5.83. The molecule has 1 aromatic rings. The molecule has 0 bridgehead atoms. The van der Waals surface area contributed by atoms with Crippen molar-refractivity contribution in [2.45, 2.75) is 38.1 Å². The molecule has 19 heavy (non-hydrogen) atoms. The van der Waals surface area contributed by atoms with Crippen LogP contribution in [0.3, 0.4) is 0 Å². The fraction of sp³-hybridized carbons (Fsp3) is 0.500. The lowest BCUT2D eigenvalue weighted by molar-refractivity contribution is 0.388. The predicted octanol–water partition coefficient (Wildman–Crippen LogP) is 3.59. The van der Waals surface area contributed by atoms with Gasteiger partial charge >= 0.3 is 0 Å². The van der Waals surface area contributed by atoms with Crippen LogP contribution < -0.4 is 15.2 Å². The molecule has 0 heterocycles. The summed E-state index contributed by atoms with van der Waals surface area (Å²) in [5.74, 6) is 1.60. The molecule has 0 aliphatic heterocycles. The van der Waals surface area contributed by atoms with Crippen molar-refractivity contribution in [2.24, 2.45) is 5.73 Å². The normalized spacial score (nSPS) is 16.7. The SMILES string of the molecule is COc1ccc(C(N)CC2=CCCCC2)c(OC)c1. The average Bonchev–Trinajstić information content (AvgIpc) is 2.47. The second-order valence-corrected chi connectivity index (χ2v) is 5.03. The van der Waals surface area contributed by atoms with Gasteiger partial charge in [0.2, 0.25) is 0 Å². The molecule has 3 heteroatoms. The third kappa shape index (κ3) is 3.51. The minimum atomic E-state index is -0.00907. The van der Waals surface area contributed by atoms with Gasteiger partial charge in [0, 0.05) is 17.7 Å². The van der Waals surface area contributed by atoms with E-state index in [0.29, 0.717) is 0 Å². The lowest BCUT2D eigenvalue weighted by atomic mass is 9.91. The van der Waals surface area contributed by atoms with Crippen LogP contribution in [0.15, 0.2) is 29.8 Å². The maximum absolute atomic E-state index is 6.33. The highest BCUT2D eigenvalue weighted by molar-refractivity contribution is 5.42. The van der Waals surface area contributed by atoms with Crippen LogP contribution >= 0.6 is 0 Å². The number of hydrogen-bond donors (Lipinski definition) is 1. The van der Waals surface area contributed by atoms with Crippen LogP contribution in [0, 0.1) is 0 Å². The summed E-state index contributed by atoms with van der Waals surface area (Å²) in [4.78, 5) is 0. The van der Waals surface area contributed by atoms with Crippen LogP contribution in [0.1, 0.15) is 43.7 Å². The van der Waals surface area contributed by atoms with E-state index in [0.717, 1.165) is 23.5 Å². The van der Waals surface area contributed by atoms with Gasteiger partial charge in [-0.15, -0.1) is 0 Å². The zero-order valence-corrected chi connectivity index (χ0v) is 11.8. The smallest absolute Gasteiger partial charge is 0.127 e. The zero-order chi connectivity index (χ0) is 13.7. The van der Waals surface area contributed by atoms with Crippen molar-refractivity contribution < 1.29 is 9.47 Å². The lowest BCUT2D eigenvalue weighted by Gasteiger charge is -2.20. The Morgan fingerprint density at radius 1 is 1.21 bits per heavy atom. The van der Waals surface area contributed by atoms with Crippen LogP contribution in [-0.4, -0.2) is 14.2 Å². The number of ether oxygens (including phenoxy) is 2. The first kappa shape index (κ1) is 13.9. The standard InChI is InChI=1S/C16H23NO2/c1-18-13-8-9-14(16(11-13)19-2)15(17)10-12-6-4-3-5-7-12/h6,8-9,11,15H,3-5,7,10,17H2,1-2H3. The summed E-state index contributed by atoms with van der Waals surface area (Å²) in [6.45, 7) is 0. The Morgan fingerprint density at radius 2 is 2.05 bits per heavy atom. The molecule has 0 spiro atoms. The number of hydrogen-bond acceptors (Lipinski definition) is 3. The number of nitrogens with two attached hydrogens (primary N) is 1. The average molecular weight is 261 g/mol.